The van der Waals surface area contributed by atoms with Gasteiger partial charge in [-0.15, -0.1) is 0 Å². The minimum Gasteiger partial charge on any atom is -0.496 e. The Balaban J connectivity index is 2.31. The summed E-state index contributed by atoms with van der Waals surface area (Å²) in [4.78, 5) is 0. The number of ether oxygens (including phenoxy) is 1. The van der Waals surface area contributed by atoms with Crippen LogP contribution in [0.25, 0.3) is 0 Å². The molecule has 0 aliphatic heterocycles. The zero-order valence-corrected chi connectivity index (χ0v) is 13.0. The Bertz CT molecular complexity index is 612. The summed E-state index contributed by atoms with van der Waals surface area (Å²) < 4.78 is 19.1. The van der Waals surface area contributed by atoms with Gasteiger partial charge in [0.05, 0.1) is 13.2 Å². The predicted molar refractivity (Wildman–Crippen MR) is 82.5 cm³/mol. The number of rotatable bonds is 4. The van der Waals surface area contributed by atoms with Crippen molar-refractivity contribution in [1.82, 2.24) is 0 Å². The predicted octanol–water partition coefficient (Wildman–Crippen LogP) is 4.38. The molecule has 0 saturated carbocycles. The lowest BCUT2D eigenvalue weighted by atomic mass is 9.97. The zero-order valence-electron chi connectivity index (χ0n) is 12.3. The van der Waals surface area contributed by atoms with Crippen molar-refractivity contribution in [1.29, 1.82) is 0 Å². The molecule has 0 saturated heterocycles. The molecule has 1 unspecified atom stereocenters. The third kappa shape index (κ3) is 3.36. The first-order chi connectivity index (χ1) is 9.93. The summed E-state index contributed by atoms with van der Waals surface area (Å²) in [6, 6.07) is 8.22. The Kier molecular flexibility index (Phi) is 4.86. The van der Waals surface area contributed by atoms with Gasteiger partial charge in [-0.25, -0.2) is 4.39 Å². The monoisotopic (exact) mass is 308 g/mol. The molecule has 2 rings (SSSR count). The van der Waals surface area contributed by atoms with Gasteiger partial charge in [-0.1, -0.05) is 17.7 Å². The minimum atomic E-state index is -0.817. The average Bonchev–Trinajstić information content (AvgIpc) is 2.42. The molecule has 0 aromatic heterocycles. The fourth-order valence-electron chi connectivity index (χ4n) is 2.54. The van der Waals surface area contributed by atoms with Gasteiger partial charge in [0.1, 0.15) is 11.6 Å². The van der Waals surface area contributed by atoms with Gasteiger partial charge in [0.2, 0.25) is 0 Å². The fraction of sp³-hybridized carbons (Fsp3) is 0.294. The van der Waals surface area contributed by atoms with Crippen molar-refractivity contribution in [2.45, 2.75) is 26.4 Å². The van der Waals surface area contributed by atoms with E-state index in [1.807, 2.05) is 26.0 Å². The summed E-state index contributed by atoms with van der Waals surface area (Å²) in [7, 11) is 1.62. The lowest BCUT2D eigenvalue weighted by molar-refractivity contribution is 0.177. The van der Waals surface area contributed by atoms with E-state index in [9.17, 15) is 9.50 Å². The number of aliphatic hydroxyl groups excluding tert-OH is 1. The van der Waals surface area contributed by atoms with Crippen LogP contribution in [-0.2, 0) is 6.42 Å². The van der Waals surface area contributed by atoms with Gasteiger partial charge in [0, 0.05) is 17.0 Å². The van der Waals surface area contributed by atoms with Crippen LogP contribution in [0.2, 0.25) is 5.02 Å². The van der Waals surface area contributed by atoms with Crippen LogP contribution in [0.4, 0.5) is 4.39 Å². The van der Waals surface area contributed by atoms with E-state index in [0.29, 0.717) is 10.6 Å². The summed E-state index contributed by atoms with van der Waals surface area (Å²) in [5.41, 5.74) is 2.93. The first kappa shape index (κ1) is 15.8. The maximum Gasteiger partial charge on any atom is 0.127 e. The first-order valence-corrected chi connectivity index (χ1v) is 7.08. The topological polar surface area (TPSA) is 29.5 Å². The lowest BCUT2D eigenvalue weighted by Gasteiger charge is -2.16. The van der Waals surface area contributed by atoms with Gasteiger partial charge in [0.15, 0.2) is 0 Å². The summed E-state index contributed by atoms with van der Waals surface area (Å²) in [5.74, 6) is 0.401. The van der Waals surface area contributed by atoms with E-state index in [4.69, 9.17) is 16.3 Å². The van der Waals surface area contributed by atoms with Gasteiger partial charge in [-0.3, -0.25) is 0 Å². The van der Waals surface area contributed by atoms with Gasteiger partial charge in [-0.2, -0.15) is 0 Å². The number of aryl methyl sites for hydroxylation is 2. The molecule has 1 N–H and O–H groups in total. The smallest absolute Gasteiger partial charge is 0.127 e. The summed E-state index contributed by atoms with van der Waals surface area (Å²) >= 11 is 6.00. The van der Waals surface area contributed by atoms with Crippen molar-refractivity contribution < 1.29 is 14.2 Å². The molecule has 0 amide bonds. The van der Waals surface area contributed by atoms with Crippen LogP contribution in [0, 0.1) is 19.7 Å². The molecule has 0 radical (unpaired) electrons. The van der Waals surface area contributed by atoms with Crippen LogP contribution >= 0.6 is 11.6 Å². The number of hydrogen-bond acceptors (Lipinski definition) is 2. The first-order valence-electron chi connectivity index (χ1n) is 6.70. The maximum absolute atomic E-state index is 13.8. The average molecular weight is 309 g/mol. The molecule has 0 spiro atoms. The molecule has 2 aromatic rings. The number of halogens is 2. The Hall–Kier alpha value is -1.58. The third-order valence-corrected chi connectivity index (χ3v) is 3.88. The van der Waals surface area contributed by atoms with Crippen molar-refractivity contribution in [2.24, 2.45) is 0 Å². The zero-order chi connectivity index (χ0) is 15.6. The highest BCUT2D eigenvalue weighted by Gasteiger charge is 2.16. The second-order valence-corrected chi connectivity index (χ2v) is 5.52. The minimum absolute atomic E-state index is 0.136. The molecule has 0 aliphatic rings. The third-order valence-electron chi connectivity index (χ3n) is 3.53. The molecule has 21 heavy (non-hydrogen) atoms. The number of methoxy groups -OCH3 is 1. The Morgan fingerprint density at radius 2 is 1.86 bits per heavy atom. The van der Waals surface area contributed by atoms with E-state index in [-0.39, 0.29) is 6.42 Å². The molecule has 0 fully saturated rings. The van der Waals surface area contributed by atoms with Crippen molar-refractivity contribution in [3.05, 3.63) is 63.4 Å². The molecule has 0 heterocycles. The van der Waals surface area contributed by atoms with Gasteiger partial charge < -0.3 is 9.84 Å². The SMILES string of the molecule is COc1c(C)cc(C(O)Cc2c(F)cccc2Cl)cc1C. The van der Waals surface area contributed by atoms with E-state index in [1.54, 1.807) is 19.2 Å². The standard InChI is InChI=1S/C17H18ClFO2/c1-10-7-12(8-11(2)17(10)21-3)16(20)9-13-14(18)5-4-6-15(13)19/h4-8,16,20H,9H2,1-3H3. The summed E-state index contributed by atoms with van der Waals surface area (Å²) in [6.45, 7) is 3.83. The summed E-state index contributed by atoms with van der Waals surface area (Å²) in [6.07, 6.45) is -0.681. The Labute approximate surface area is 129 Å². The van der Waals surface area contributed by atoms with Crippen LogP contribution in [0.3, 0.4) is 0 Å². The normalized spacial score (nSPS) is 12.3. The Morgan fingerprint density at radius 3 is 2.38 bits per heavy atom. The lowest BCUT2D eigenvalue weighted by Crippen LogP contribution is -2.06. The van der Waals surface area contributed by atoms with Gasteiger partial charge in [-0.05, 0) is 54.8 Å². The van der Waals surface area contributed by atoms with Crippen LogP contribution in [0.5, 0.6) is 5.75 Å². The highest BCUT2D eigenvalue weighted by Crippen LogP contribution is 2.30. The highest BCUT2D eigenvalue weighted by atomic mass is 35.5. The van der Waals surface area contributed by atoms with Gasteiger partial charge in [0.25, 0.3) is 0 Å². The number of benzene rings is 2. The van der Waals surface area contributed by atoms with Crippen LogP contribution < -0.4 is 4.74 Å². The second-order valence-electron chi connectivity index (χ2n) is 5.11. The number of hydrogen-bond donors (Lipinski definition) is 1. The van der Waals surface area contributed by atoms with E-state index in [0.717, 1.165) is 22.4 Å². The van der Waals surface area contributed by atoms with Crippen molar-refractivity contribution in [3.8, 4) is 5.75 Å². The van der Waals surface area contributed by atoms with Gasteiger partial charge >= 0.3 is 0 Å². The molecule has 2 aromatic carbocycles. The van der Waals surface area contributed by atoms with Crippen LogP contribution in [0.15, 0.2) is 30.3 Å². The Morgan fingerprint density at radius 1 is 1.24 bits per heavy atom. The molecular formula is C17H18ClFO2. The maximum atomic E-state index is 13.8. The van der Waals surface area contributed by atoms with E-state index >= 15 is 0 Å². The van der Waals surface area contributed by atoms with E-state index in [1.165, 1.54) is 6.07 Å². The molecule has 112 valence electrons. The van der Waals surface area contributed by atoms with Crippen molar-refractivity contribution in [2.75, 3.05) is 7.11 Å². The molecule has 1 atom stereocenters. The van der Waals surface area contributed by atoms with E-state index < -0.39 is 11.9 Å². The van der Waals surface area contributed by atoms with Crippen molar-refractivity contribution in [3.63, 3.8) is 0 Å². The molecule has 4 heteroatoms. The second kappa shape index (κ2) is 6.46. The van der Waals surface area contributed by atoms with E-state index in [2.05, 4.69) is 0 Å². The highest BCUT2D eigenvalue weighted by molar-refractivity contribution is 6.31. The van der Waals surface area contributed by atoms with Crippen LogP contribution in [-0.4, -0.2) is 12.2 Å². The van der Waals surface area contributed by atoms with Crippen LogP contribution in [0.1, 0.15) is 28.4 Å². The quantitative estimate of drug-likeness (QED) is 0.908. The largest absolute Gasteiger partial charge is 0.496 e. The molecule has 2 nitrogen and oxygen atoms in total. The number of aliphatic hydroxyl groups is 1. The summed E-state index contributed by atoms with van der Waals surface area (Å²) in [5, 5.41) is 10.7. The molecule has 0 bridgehead atoms. The molecular weight excluding hydrogens is 291 g/mol. The molecule has 0 aliphatic carbocycles. The van der Waals surface area contributed by atoms with Crippen molar-refractivity contribution >= 4 is 11.6 Å². The fourth-order valence-corrected chi connectivity index (χ4v) is 2.78.